The molecule has 7 amide bonds. The fourth-order valence-electron chi connectivity index (χ4n) is 9.98. The maximum atomic E-state index is 14.3. The molecular formula is C61H75N5O19. The lowest BCUT2D eigenvalue weighted by Gasteiger charge is -2.35. The number of likely N-dealkylation sites (tertiary alicyclic amines) is 1. The number of ether oxygens (including phenoxy) is 11. The summed E-state index contributed by atoms with van der Waals surface area (Å²) in [7, 11) is 7.65. The lowest BCUT2D eigenvalue weighted by Crippen LogP contribution is -2.54. The highest BCUT2D eigenvalue weighted by Crippen LogP contribution is 2.39. The van der Waals surface area contributed by atoms with Crippen molar-refractivity contribution in [3.63, 3.8) is 0 Å². The number of nitrogens with one attached hydrogen (secondary N) is 3. The van der Waals surface area contributed by atoms with E-state index in [1.165, 1.54) is 39.5 Å². The van der Waals surface area contributed by atoms with Gasteiger partial charge in [-0.2, -0.15) is 0 Å². The highest BCUT2D eigenvalue weighted by atomic mass is 16.6. The summed E-state index contributed by atoms with van der Waals surface area (Å²) < 4.78 is 62.1. The van der Waals surface area contributed by atoms with Gasteiger partial charge in [0.1, 0.15) is 29.7 Å². The van der Waals surface area contributed by atoms with Gasteiger partial charge in [0.05, 0.1) is 79.5 Å². The SMILES string of the molecule is COc1ccc(CC[C@@H](OC(=O)[C@@H]2CCCCN2C(=O)Cc2cc(OC)c(OC)c(OC)c2)c2cccc(OCC(=O)NCCCOCCOCCOCCCNC(=O)COc3cccc4c3C(=O)N(C3CCC(=O)NC3=O)C4=O)c2)cc1OC. The van der Waals surface area contributed by atoms with Crippen LogP contribution in [0.15, 0.2) is 72.8 Å². The van der Waals surface area contributed by atoms with Crippen molar-refractivity contribution < 1.29 is 90.5 Å². The number of hydrogen-bond donors (Lipinski definition) is 3. The maximum absolute atomic E-state index is 14.3. The Morgan fingerprint density at radius 2 is 1.27 bits per heavy atom. The Morgan fingerprint density at radius 1 is 0.635 bits per heavy atom. The maximum Gasteiger partial charge on any atom is 0.329 e. The molecule has 85 heavy (non-hydrogen) atoms. The monoisotopic (exact) mass is 1180 g/mol. The second-order valence-corrected chi connectivity index (χ2v) is 20.0. The number of aryl methyl sites for hydroxylation is 1. The van der Waals surface area contributed by atoms with Gasteiger partial charge in [0, 0.05) is 39.3 Å². The molecule has 2 saturated heterocycles. The van der Waals surface area contributed by atoms with Crippen LogP contribution in [0.5, 0.6) is 40.2 Å². The summed E-state index contributed by atoms with van der Waals surface area (Å²) in [6.45, 7) is 2.45. The van der Waals surface area contributed by atoms with Crippen LogP contribution in [0.4, 0.5) is 0 Å². The largest absolute Gasteiger partial charge is 0.493 e. The van der Waals surface area contributed by atoms with Gasteiger partial charge in [0.25, 0.3) is 23.6 Å². The van der Waals surface area contributed by atoms with Crippen molar-refractivity contribution in [1.29, 1.82) is 0 Å². The van der Waals surface area contributed by atoms with Gasteiger partial charge in [-0.1, -0.05) is 24.3 Å². The highest BCUT2D eigenvalue weighted by molar-refractivity contribution is 6.24. The van der Waals surface area contributed by atoms with E-state index in [-0.39, 0.29) is 54.6 Å². The molecule has 4 aromatic carbocycles. The minimum atomic E-state index is -1.12. The number of rotatable bonds is 34. The summed E-state index contributed by atoms with van der Waals surface area (Å²) in [5.41, 5.74) is 2.22. The minimum Gasteiger partial charge on any atom is -0.493 e. The molecule has 4 aromatic rings. The zero-order chi connectivity index (χ0) is 60.7. The number of carbonyl (C=O) groups is 8. The van der Waals surface area contributed by atoms with Crippen molar-refractivity contribution in [2.75, 3.05) is 108 Å². The van der Waals surface area contributed by atoms with Gasteiger partial charge >= 0.3 is 5.97 Å². The van der Waals surface area contributed by atoms with Gasteiger partial charge in [-0.05, 0) is 117 Å². The van der Waals surface area contributed by atoms with Crippen LogP contribution in [-0.2, 0) is 60.6 Å². The average molecular weight is 1180 g/mol. The number of carbonyl (C=O) groups excluding carboxylic acids is 8. The fourth-order valence-corrected chi connectivity index (χ4v) is 9.98. The molecule has 2 fully saturated rings. The van der Waals surface area contributed by atoms with E-state index >= 15 is 0 Å². The molecule has 3 aliphatic heterocycles. The van der Waals surface area contributed by atoms with Gasteiger partial charge in [-0.25, -0.2) is 4.79 Å². The predicted molar refractivity (Wildman–Crippen MR) is 304 cm³/mol. The summed E-state index contributed by atoms with van der Waals surface area (Å²) >= 11 is 0. The number of nitrogens with zero attached hydrogens (tertiary/aromatic N) is 2. The van der Waals surface area contributed by atoms with Crippen LogP contribution in [-0.4, -0.2) is 177 Å². The summed E-state index contributed by atoms with van der Waals surface area (Å²) in [5.74, 6) is -1.32. The first kappa shape index (κ1) is 64.1. The molecule has 3 aliphatic rings. The second kappa shape index (κ2) is 32.5. The van der Waals surface area contributed by atoms with Crippen LogP contribution in [0.1, 0.15) is 94.9 Å². The number of amides is 7. The van der Waals surface area contributed by atoms with Crippen LogP contribution in [0.25, 0.3) is 0 Å². The molecule has 3 heterocycles. The summed E-state index contributed by atoms with van der Waals surface area (Å²) in [6.07, 6.45) is 3.11. The molecule has 0 bridgehead atoms. The minimum absolute atomic E-state index is 0.00519. The molecular weight excluding hydrogens is 1110 g/mol. The number of piperidine rings is 2. The van der Waals surface area contributed by atoms with Crippen molar-refractivity contribution in [1.82, 2.24) is 25.8 Å². The fraction of sp³-hybridized carbons (Fsp3) is 0.475. The topological polar surface area (TPSA) is 281 Å². The lowest BCUT2D eigenvalue weighted by atomic mass is 9.99. The molecule has 0 aliphatic carbocycles. The van der Waals surface area contributed by atoms with E-state index in [4.69, 9.17) is 52.1 Å². The van der Waals surface area contributed by atoms with E-state index in [1.54, 1.807) is 49.5 Å². The van der Waals surface area contributed by atoms with Crippen LogP contribution in [0.2, 0.25) is 0 Å². The Hall–Kier alpha value is -8.48. The molecule has 0 radical (unpaired) electrons. The molecule has 1 unspecified atom stereocenters. The number of fused-ring (bicyclic) bond motifs is 1. The predicted octanol–water partition coefficient (Wildman–Crippen LogP) is 4.49. The Labute approximate surface area is 493 Å². The zero-order valence-corrected chi connectivity index (χ0v) is 48.7. The Kier molecular flexibility index (Phi) is 24.5. The Morgan fingerprint density at radius 3 is 1.92 bits per heavy atom. The van der Waals surface area contributed by atoms with Crippen LogP contribution < -0.4 is 49.1 Å². The number of methoxy groups -OCH3 is 5. The van der Waals surface area contributed by atoms with Gasteiger partial charge in [-0.3, -0.25) is 43.8 Å². The standard InChI is InChI=1S/C61H75N5O19/c1-75-47-21-18-39(32-49(47)76-2)17-20-46(85-61(74)45-15-6-7-25-65(45)55(70)35-40-33-50(77-3)57(79-5)51(34-40)78-4)41-12-8-13-42(36-41)83-37-53(68)62-23-10-26-80-28-30-82-31-29-81-27-11-24-63-54(69)38-84-48-16-9-14-43-56(48)60(73)66(59(43)72)44-19-22-52(67)64-58(44)71/h8-9,12-14,16,18,21,32-34,36,44-46H,6-7,10-11,15,17,19-20,22-31,35,37-38H2,1-5H3,(H,62,68)(H,63,69)(H,64,67,71)/t44?,45-,46+/m0/s1. The molecule has 3 atom stereocenters. The first-order chi connectivity index (χ1) is 41.3. The smallest absolute Gasteiger partial charge is 0.329 e. The summed E-state index contributed by atoms with van der Waals surface area (Å²) in [4.78, 5) is 106. The van der Waals surface area contributed by atoms with Crippen molar-refractivity contribution >= 4 is 47.3 Å². The third-order valence-electron chi connectivity index (χ3n) is 14.3. The number of hydrogen-bond acceptors (Lipinski definition) is 19. The number of benzene rings is 4. The normalized spacial score (nSPS) is 16.0. The van der Waals surface area contributed by atoms with E-state index in [9.17, 15) is 38.4 Å². The lowest BCUT2D eigenvalue weighted by molar-refractivity contribution is -0.162. The summed E-state index contributed by atoms with van der Waals surface area (Å²) in [5, 5.41) is 7.70. The van der Waals surface area contributed by atoms with Gasteiger partial charge in [0.15, 0.2) is 36.2 Å². The molecule has 24 heteroatoms. The second-order valence-electron chi connectivity index (χ2n) is 20.0. The quantitative estimate of drug-likeness (QED) is 0.0330. The third-order valence-corrected chi connectivity index (χ3v) is 14.3. The molecule has 0 aromatic heterocycles. The molecule has 24 nitrogen and oxygen atoms in total. The van der Waals surface area contributed by atoms with Gasteiger partial charge in [-0.15, -0.1) is 0 Å². The first-order valence-corrected chi connectivity index (χ1v) is 28.2. The molecule has 0 spiro atoms. The van der Waals surface area contributed by atoms with Gasteiger partial charge in [0.2, 0.25) is 23.5 Å². The van der Waals surface area contributed by atoms with Crippen molar-refractivity contribution in [2.24, 2.45) is 0 Å². The molecule has 458 valence electrons. The summed E-state index contributed by atoms with van der Waals surface area (Å²) in [6, 6.07) is 18.6. The number of imide groups is 2. The van der Waals surface area contributed by atoms with E-state index in [0.29, 0.717) is 137 Å². The highest BCUT2D eigenvalue weighted by Gasteiger charge is 2.46. The van der Waals surface area contributed by atoms with E-state index < -0.39 is 60.3 Å². The average Bonchev–Trinajstić information content (AvgIpc) is 2.02. The third kappa shape index (κ3) is 17.8. The van der Waals surface area contributed by atoms with Crippen LogP contribution in [0, 0.1) is 0 Å². The molecule has 7 rings (SSSR count). The van der Waals surface area contributed by atoms with Gasteiger partial charge < -0.3 is 67.6 Å². The van der Waals surface area contributed by atoms with E-state index in [0.717, 1.165) is 23.3 Å². The Bertz CT molecular complexity index is 2970. The van der Waals surface area contributed by atoms with Crippen molar-refractivity contribution in [3.8, 4) is 40.2 Å². The number of esters is 1. The molecule has 0 saturated carbocycles. The van der Waals surface area contributed by atoms with Crippen LogP contribution in [0.3, 0.4) is 0 Å². The van der Waals surface area contributed by atoms with Crippen molar-refractivity contribution in [2.45, 2.75) is 82.4 Å². The van der Waals surface area contributed by atoms with Crippen molar-refractivity contribution in [3.05, 3.63) is 101 Å². The van der Waals surface area contributed by atoms with Crippen LogP contribution >= 0.6 is 0 Å². The zero-order valence-electron chi connectivity index (χ0n) is 48.7. The Balaban J connectivity index is 0.772. The molecule has 3 N–H and O–H groups in total. The first-order valence-electron chi connectivity index (χ1n) is 28.2. The van der Waals surface area contributed by atoms with E-state index in [2.05, 4.69) is 16.0 Å². The van der Waals surface area contributed by atoms with E-state index in [1.807, 2.05) is 24.3 Å².